The summed E-state index contributed by atoms with van der Waals surface area (Å²) in [6.45, 7) is 7.33. The minimum Gasteiger partial charge on any atom is -0.494 e. The zero-order chi connectivity index (χ0) is 17.6. The van der Waals surface area contributed by atoms with Gasteiger partial charge in [0.25, 0.3) is 0 Å². The molecule has 3 heteroatoms. The highest BCUT2D eigenvalue weighted by Gasteiger charge is 2.05. The lowest BCUT2D eigenvalue weighted by atomic mass is 10.1. The molecule has 0 spiro atoms. The maximum atomic E-state index is 5.99. The third kappa shape index (κ3) is 4.18. The molecule has 0 aliphatic rings. The van der Waals surface area contributed by atoms with Crippen molar-refractivity contribution in [3.8, 4) is 22.6 Å². The number of aryl methyl sites for hydroxylation is 1. The summed E-state index contributed by atoms with van der Waals surface area (Å²) in [5, 5.41) is 0. The van der Waals surface area contributed by atoms with Gasteiger partial charge in [0.15, 0.2) is 0 Å². The van der Waals surface area contributed by atoms with Crippen molar-refractivity contribution in [2.75, 3.05) is 6.61 Å². The SMILES string of the molecule is CCOc1ccc(-c2cncc(COc3cccc(C)c3C)c2)cc1. The molecule has 0 N–H and O–H groups in total. The summed E-state index contributed by atoms with van der Waals surface area (Å²) in [6.07, 6.45) is 3.72. The smallest absolute Gasteiger partial charge is 0.122 e. The largest absolute Gasteiger partial charge is 0.494 e. The molecule has 0 fully saturated rings. The van der Waals surface area contributed by atoms with Crippen LogP contribution in [-0.2, 0) is 6.61 Å². The van der Waals surface area contributed by atoms with Crippen molar-refractivity contribution >= 4 is 0 Å². The Hall–Kier alpha value is -2.81. The number of hydrogen-bond donors (Lipinski definition) is 0. The molecule has 25 heavy (non-hydrogen) atoms. The van der Waals surface area contributed by atoms with E-state index in [-0.39, 0.29) is 0 Å². The lowest BCUT2D eigenvalue weighted by molar-refractivity contribution is 0.303. The molecule has 1 aromatic heterocycles. The van der Waals surface area contributed by atoms with Gasteiger partial charge in [0.1, 0.15) is 18.1 Å². The van der Waals surface area contributed by atoms with Gasteiger partial charge < -0.3 is 9.47 Å². The molecule has 0 aliphatic heterocycles. The Bertz CT molecular complexity index is 841. The molecular weight excluding hydrogens is 310 g/mol. The van der Waals surface area contributed by atoms with Crippen LogP contribution in [0.1, 0.15) is 23.6 Å². The molecule has 0 saturated heterocycles. The average Bonchev–Trinajstić information content (AvgIpc) is 2.64. The first-order valence-electron chi connectivity index (χ1n) is 8.53. The third-order valence-electron chi connectivity index (χ3n) is 4.24. The van der Waals surface area contributed by atoms with Crippen LogP contribution >= 0.6 is 0 Å². The monoisotopic (exact) mass is 333 g/mol. The Balaban J connectivity index is 1.74. The van der Waals surface area contributed by atoms with Crippen LogP contribution in [0, 0.1) is 13.8 Å². The predicted molar refractivity (Wildman–Crippen MR) is 101 cm³/mol. The minimum atomic E-state index is 0.502. The molecule has 3 rings (SSSR count). The lowest BCUT2D eigenvalue weighted by Gasteiger charge is -2.11. The summed E-state index contributed by atoms with van der Waals surface area (Å²) >= 11 is 0. The summed E-state index contributed by atoms with van der Waals surface area (Å²) in [5.41, 5.74) is 5.65. The van der Waals surface area contributed by atoms with Gasteiger partial charge in [-0.15, -0.1) is 0 Å². The Morgan fingerprint density at radius 3 is 2.44 bits per heavy atom. The van der Waals surface area contributed by atoms with Gasteiger partial charge in [-0.3, -0.25) is 4.98 Å². The normalized spacial score (nSPS) is 10.5. The molecule has 2 aromatic carbocycles. The van der Waals surface area contributed by atoms with Gasteiger partial charge in [0.05, 0.1) is 6.61 Å². The van der Waals surface area contributed by atoms with Crippen molar-refractivity contribution in [3.05, 3.63) is 77.6 Å². The van der Waals surface area contributed by atoms with E-state index in [1.54, 1.807) is 0 Å². The number of rotatable bonds is 6. The summed E-state index contributed by atoms with van der Waals surface area (Å²) in [4.78, 5) is 4.36. The highest BCUT2D eigenvalue weighted by molar-refractivity contribution is 5.63. The maximum Gasteiger partial charge on any atom is 0.122 e. The standard InChI is InChI=1S/C22H23NO2/c1-4-24-21-10-8-19(9-11-21)20-12-18(13-23-14-20)15-25-22-7-5-6-16(2)17(22)3/h5-14H,4,15H2,1-3H3. The zero-order valence-electron chi connectivity index (χ0n) is 15.0. The Morgan fingerprint density at radius 2 is 1.68 bits per heavy atom. The van der Waals surface area contributed by atoms with Crippen molar-refractivity contribution < 1.29 is 9.47 Å². The van der Waals surface area contributed by atoms with E-state index in [9.17, 15) is 0 Å². The summed E-state index contributed by atoms with van der Waals surface area (Å²) in [7, 11) is 0. The van der Waals surface area contributed by atoms with Crippen LogP contribution in [0.4, 0.5) is 0 Å². The molecule has 0 amide bonds. The number of pyridine rings is 1. The van der Waals surface area contributed by atoms with Gasteiger partial charge in [0.2, 0.25) is 0 Å². The van der Waals surface area contributed by atoms with Crippen LogP contribution < -0.4 is 9.47 Å². The fourth-order valence-corrected chi connectivity index (χ4v) is 2.68. The zero-order valence-corrected chi connectivity index (χ0v) is 15.0. The predicted octanol–water partition coefficient (Wildman–Crippen LogP) is 5.34. The molecule has 1 heterocycles. The van der Waals surface area contributed by atoms with E-state index in [2.05, 4.69) is 43.1 Å². The van der Waals surface area contributed by atoms with E-state index < -0.39 is 0 Å². The van der Waals surface area contributed by atoms with Gasteiger partial charge in [0, 0.05) is 23.5 Å². The van der Waals surface area contributed by atoms with Crippen molar-refractivity contribution in [1.82, 2.24) is 4.98 Å². The van der Waals surface area contributed by atoms with Crippen LogP contribution in [0.25, 0.3) is 11.1 Å². The number of benzene rings is 2. The molecule has 0 atom stereocenters. The molecule has 3 aromatic rings. The molecule has 0 unspecified atom stereocenters. The highest BCUT2D eigenvalue weighted by atomic mass is 16.5. The first kappa shape index (κ1) is 17.0. The van der Waals surface area contributed by atoms with Gasteiger partial charge in [-0.2, -0.15) is 0 Å². The van der Waals surface area contributed by atoms with Gasteiger partial charge in [-0.25, -0.2) is 0 Å². The lowest BCUT2D eigenvalue weighted by Crippen LogP contribution is -1.99. The quantitative estimate of drug-likeness (QED) is 0.610. The summed E-state index contributed by atoms with van der Waals surface area (Å²) in [5.74, 6) is 1.81. The first-order chi connectivity index (χ1) is 12.2. The van der Waals surface area contributed by atoms with E-state index in [1.165, 1.54) is 11.1 Å². The van der Waals surface area contributed by atoms with Crippen LogP contribution in [-0.4, -0.2) is 11.6 Å². The topological polar surface area (TPSA) is 31.4 Å². The van der Waals surface area contributed by atoms with Gasteiger partial charge in [-0.05, 0) is 61.7 Å². The molecule has 3 nitrogen and oxygen atoms in total. The summed E-state index contributed by atoms with van der Waals surface area (Å²) in [6, 6.07) is 16.3. The van der Waals surface area contributed by atoms with Crippen molar-refractivity contribution in [2.45, 2.75) is 27.4 Å². The number of ether oxygens (including phenoxy) is 2. The fraction of sp³-hybridized carbons (Fsp3) is 0.227. The maximum absolute atomic E-state index is 5.99. The van der Waals surface area contributed by atoms with E-state index in [0.29, 0.717) is 13.2 Å². The van der Waals surface area contributed by atoms with E-state index in [0.717, 1.165) is 28.2 Å². The van der Waals surface area contributed by atoms with Crippen molar-refractivity contribution in [2.24, 2.45) is 0 Å². The number of aromatic nitrogens is 1. The fourth-order valence-electron chi connectivity index (χ4n) is 2.68. The highest BCUT2D eigenvalue weighted by Crippen LogP contribution is 2.24. The first-order valence-corrected chi connectivity index (χ1v) is 8.53. The van der Waals surface area contributed by atoms with Crippen LogP contribution in [0.2, 0.25) is 0 Å². The Morgan fingerprint density at radius 1 is 0.880 bits per heavy atom. The van der Waals surface area contributed by atoms with Crippen molar-refractivity contribution in [1.29, 1.82) is 0 Å². The molecule has 0 aliphatic carbocycles. The molecular formula is C22H23NO2. The van der Waals surface area contributed by atoms with Crippen molar-refractivity contribution in [3.63, 3.8) is 0 Å². The van der Waals surface area contributed by atoms with Crippen LogP contribution in [0.15, 0.2) is 60.9 Å². The Kier molecular flexibility index (Phi) is 5.34. The second-order valence-electron chi connectivity index (χ2n) is 6.03. The second kappa shape index (κ2) is 7.84. The average molecular weight is 333 g/mol. The number of hydrogen-bond acceptors (Lipinski definition) is 3. The minimum absolute atomic E-state index is 0.502. The number of nitrogens with zero attached hydrogens (tertiary/aromatic N) is 1. The summed E-state index contributed by atoms with van der Waals surface area (Å²) < 4.78 is 11.5. The molecule has 0 bridgehead atoms. The third-order valence-corrected chi connectivity index (χ3v) is 4.24. The van der Waals surface area contributed by atoms with E-state index in [1.807, 2.05) is 43.6 Å². The van der Waals surface area contributed by atoms with E-state index >= 15 is 0 Å². The van der Waals surface area contributed by atoms with Gasteiger partial charge >= 0.3 is 0 Å². The Labute approximate surface area is 149 Å². The van der Waals surface area contributed by atoms with Crippen LogP contribution in [0.3, 0.4) is 0 Å². The van der Waals surface area contributed by atoms with Crippen LogP contribution in [0.5, 0.6) is 11.5 Å². The van der Waals surface area contributed by atoms with Gasteiger partial charge in [-0.1, -0.05) is 24.3 Å². The van der Waals surface area contributed by atoms with E-state index in [4.69, 9.17) is 9.47 Å². The molecule has 128 valence electrons. The second-order valence-corrected chi connectivity index (χ2v) is 6.03. The molecule has 0 radical (unpaired) electrons. The molecule has 0 saturated carbocycles.